The van der Waals surface area contributed by atoms with Gasteiger partial charge in [-0.15, -0.1) is 0 Å². The standard InChI is InChI=1S/C19H25NO4/c1-13-9-19(22)24-18-10-16(6-7-17(13)18)23-12-15(21)11-20-8-4-3-5-14(20)2/h6-7,9-10,14-15,21H,3-5,8,11-12H2,1-2H3/t14-,15-/m1/s1. The Balaban J connectivity index is 1.61. The zero-order chi connectivity index (χ0) is 17.1. The highest BCUT2D eigenvalue weighted by atomic mass is 16.5. The molecule has 0 unspecified atom stereocenters. The van der Waals surface area contributed by atoms with E-state index >= 15 is 0 Å². The molecule has 2 heterocycles. The van der Waals surface area contributed by atoms with Crippen LogP contribution >= 0.6 is 0 Å². The van der Waals surface area contributed by atoms with Gasteiger partial charge in [-0.1, -0.05) is 6.42 Å². The fraction of sp³-hybridized carbons (Fsp3) is 0.526. The van der Waals surface area contributed by atoms with E-state index in [4.69, 9.17) is 9.15 Å². The maximum absolute atomic E-state index is 11.5. The molecule has 1 N–H and O–H groups in total. The number of likely N-dealkylation sites (tertiary alicyclic amines) is 1. The molecule has 0 radical (unpaired) electrons. The van der Waals surface area contributed by atoms with E-state index in [1.165, 1.54) is 25.3 Å². The Labute approximate surface area is 141 Å². The van der Waals surface area contributed by atoms with Crippen molar-refractivity contribution < 1.29 is 14.3 Å². The van der Waals surface area contributed by atoms with Gasteiger partial charge in [-0.3, -0.25) is 4.90 Å². The van der Waals surface area contributed by atoms with Crippen molar-refractivity contribution in [3.8, 4) is 5.75 Å². The summed E-state index contributed by atoms with van der Waals surface area (Å²) >= 11 is 0. The number of rotatable bonds is 5. The van der Waals surface area contributed by atoms with Gasteiger partial charge in [0.1, 0.15) is 24.0 Å². The number of fused-ring (bicyclic) bond motifs is 1. The van der Waals surface area contributed by atoms with Crippen molar-refractivity contribution in [1.82, 2.24) is 4.90 Å². The second-order valence-electron chi connectivity index (χ2n) is 6.71. The van der Waals surface area contributed by atoms with Gasteiger partial charge in [0.2, 0.25) is 0 Å². The van der Waals surface area contributed by atoms with Gasteiger partial charge in [0.05, 0.1) is 0 Å². The predicted octanol–water partition coefficient (Wildman–Crippen LogP) is 2.72. The van der Waals surface area contributed by atoms with Crippen molar-refractivity contribution in [1.29, 1.82) is 0 Å². The molecular formula is C19H25NO4. The molecule has 1 aliphatic rings. The van der Waals surface area contributed by atoms with Crippen molar-refractivity contribution in [3.63, 3.8) is 0 Å². The van der Waals surface area contributed by atoms with Crippen LogP contribution in [0.5, 0.6) is 5.75 Å². The minimum absolute atomic E-state index is 0.227. The quantitative estimate of drug-likeness (QED) is 0.854. The topological polar surface area (TPSA) is 62.9 Å². The van der Waals surface area contributed by atoms with Gasteiger partial charge in [0.25, 0.3) is 0 Å². The molecule has 0 bridgehead atoms. The Morgan fingerprint density at radius 3 is 3.00 bits per heavy atom. The third-order valence-corrected chi connectivity index (χ3v) is 4.75. The summed E-state index contributed by atoms with van der Waals surface area (Å²) in [6, 6.07) is 7.42. The minimum Gasteiger partial charge on any atom is -0.491 e. The van der Waals surface area contributed by atoms with Crippen LogP contribution in [-0.4, -0.2) is 41.8 Å². The lowest BCUT2D eigenvalue weighted by Crippen LogP contribution is -2.43. The Bertz CT molecular complexity index is 755. The minimum atomic E-state index is -0.536. The lowest BCUT2D eigenvalue weighted by molar-refractivity contribution is 0.0438. The third-order valence-electron chi connectivity index (χ3n) is 4.75. The van der Waals surface area contributed by atoms with E-state index in [2.05, 4.69) is 11.8 Å². The number of aliphatic hydroxyl groups is 1. The summed E-state index contributed by atoms with van der Waals surface area (Å²) in [7, 11) is 0. The lowest BCUT2D eigenvalue weighted by Gasteiger charge is -2.34. The van der Waals surface area contributed by atoms with Crippen LogP contribution in [0, 0.1) is 6.92 Å². The largest absolute Gasteiger partial charge is 0.491 e. The van der Waals surface area contributed by atoms with E-state index in [0.29, 0.717) is 23.9 Å². The molecule has 24 heavy (non-hydrogen) atoms. The van der Waals surface area contributed by atoms with E-state index in [1.54, 1.807) is 6.07 Å². The summed E-state index contributed by atoms with van der Waals surface area (Å²) in [6.07, 6.45) is 3.12. The third kappa shape index (κ3) is 3.97. The summed E-state index contributed by atoms with van der Waals surface area (Å²) in [5.74, 6) is 0.599. The first-order valence-corrected chi connectivity index (χ1v) is 8.62. The van der Waals surface area contributed by atoms with Crippen molar-refractivity contribution in [3.05, 3.63) is 40.2 Å². The van der Waals surface area contributed by atoms with Crippen LogP contribution in [0.1, 0.15) is 31.7 Å². The molecule has 0 aliphatic carbocycles. The molecule has 0 saturated carbocycles. The van der Waals surface area contributed by atoms with Crippen LogP contribution in [0.3, 0.4) is 0 Å². The zero-order valence-corrected chi connectivity index (χ0v) is 14.3. The van der Waals surface area contributed by atoms with Gasteiger partial charge in [-0.2, -0.15) is 0 Å². The number of aryl methyl sites for hydroxylation is 1. The maximum Gasteiger partial charge on any atom is 0.336 e. The van der Waals surface area contributed by atoms with Crippen molar-refractivity contribution in [2.24, 2.45) is 0 Å². The summed E-state index contributed by atoms with van der Waals surface area (Å²) < 4.78 is 10.9. The van der Waals surface area contributed by atoms with Gasteiger partial charge in [-0.05, 0) is 50.9 Å². The van der Waals surface area contributed by atoms with Crippen LogP contribution in [-0.2, 0) is 0 Å². The number of aliphatic hydroxyl groups excluding tert-OH is 1. The highest BCUT2D eigenvalue weighted by Gasteiger charge is 2.21. The number of β-amino-alcohol motifs (C(OH)–C–C–N with tert-alkyl or cyclic N) is 1. The van der Waals surface area contributed by atoms with Gasteiger partial charge in [0, 0.05) is 30.1 Å². The number of ether oxygens (including phenoxy) is 1. The molecule has 5 nitrogen and oxygen atoms in total. The number of piperidine rings is 1. The van der Waals surface area contributed by atoms with Crippen molar-refractivity contribution in [2.75, 3.05) is 19.7 Å². The van der Waals surface area contributed by atoms with Crippen LogP contribution < -0.4 is 10.4 Å². The molecular weight excluding hydrogens is 306 g/mol. The highest BCUT2D eigenvalue weighted by Crippen LogP contribution is 2.22. The van der Waals surface area contributed by atoms with Crippen LogP contribution in [0.4, 0.5) is 0 Å². The smallest absolute Gasteiger partial charge is 0.336 e. The molecule has 2 atom stereocenters. The number of hydrogen-bond acceptors (Lipinski definition) is 5. The molecule has 2 aromatic rings. The molecule has 1 fully saturated rings. The average molecular weight is 331 g/mol. The molecule has 5 heteroatoms. The second kappa shape index (κ2) is 7.36. The van der Waals surface area contributed by atoms with Gasteiger partial charge in [0.15, 0.2) is 0 Å². The second-order valence-corrected chi connectivity index (χ2v) is 6.71. The molecule has 0 amide bonds. The predicted molar refractivity (Wildman–Crippen MR) is 93.6 cm³/mol. The zero-order valence-electron chi connectivity index (χ0n) is 14.3. The Morgan fingerprint density at radius 2 is 2.21 bits per heavy atom. The molecule has 130 valence electrons. The summed E-state index contributed by atoms with van der Waals surface area (Å²) in [4.78, 5) is 13.8. The number of benzene rings is 1. The van der Waals surface area contributed by atoms with E-state index in [-0.39, 0.29) is 12.2 Å². The Kier molecular flexibility index (Phi) is 5.21. The first-order chi connectivity index (χ1) is 11.5. The van der Waals surface area contributed by atoms with E-state index in [1.807, 2.05) is 19.1 Å². The van der Waals surface area contributed by atoms with Gasteiger partial charge < -0.3 is 14.3 Å². The van der Waals surface area contributed by atoms with E-state index in [0.717, 1.165) is 17.5 Å². The van der Waals surface area contributed by atoms with Crippen molar-refractivity contribution >= 4 is 11.0 Å². The Hall–Kier alpha value is -1.85. The molecule has 1 aromatic heterocycles. The highest BCUT2D eigenvalue weighted by molar-refractivity contribution is 5.81. The lowest BCUT2D eigenvalue weighted by atomic mass is 10.0. The van der Waals surface area contributed by atoms with Crippen LogP contribution in [0.2, 0.25) is 0 Å². The molecule has 1 aromatic carbocycles. The summed E-state index contributed by atoms with van der Waals surface area (Å²) in [6.45, 7) is 5.98. The maximum atomic E-state index is 11.5. The molecule has 0 spiro atoms. The number of nitrogens with zero attached hydrogens (tertiary/aromatic N) is 1. The average Bonchev–Trinajstić information content (AvgIpc) is 2.54. The summed E-state index contributed by atoms with van der Waals surface area (Å²) in [5.41, 5.74) is 1.03. The monoisotopic (exact) mass is 331 g/mol. The van der Waals surface area contributed by atoms with E-state index in [9.17, 15) is 9.90 Å². The first kappa shape index (κ1) is 17.0. The fourth-order valence-corrected chi connectivity index (χ4v) is 3.34. The SMILES string of the molecule is Cc1cc(=O)oc2cc(OC[C@H](O)CN3CCCC[C@H]3C)ccc12. The molecule has 1 saturated heterocycles. The van der Waals surface area contributed by atoms with Crippen LogP contribution in [0.15, 0.2) is 33.5 Å². The van der Waals surface area contributed by atoms with E-state index < -0.39 is 6.10 Å². The molecule has 3 rings (SSSR count). The fourth-order valence-electron chi connectivity index (χ4n) is 3.34. The number of hydrogen-bond donors (Lipinski definition) is 1. The van der Waals surface area contributed by atoms with Gasteiger partial charge >= 0.3 is 5.63 Å². The normalized spacial score (nSPS) is 20.2. The Morgan fingerprint density at radius 1 is 1.38 bits per heavy atom. The first-order valence-electron chi connectivity index (χ1n) is 8.62. The van der Waals surface area contributed by atoms with Crippen LogP contribution in [0.25, 0.3) is 11.0 Å². The van der Waals surface area contributed by atoms with Gasteiger partial charge in [-0.25, -0.2) is 4.79 Å². The van der Waals surface area contributed by atoms with Crippen molar-refractivity contribution in [2.45, 2.75) is 45.3 Å². The molecule has 1 aliphatic heterocycles. The summed E-state index contributed by atoms with van der Waals surface area (Å²) in [5, 5.41) is 11.1.